The Hall–Kier alpha value is -3.48. The van der Waals surface area contributed by atoms with Gasteiger partial charge in [0.25, 0.3) is 5.91 Å². The largest absolute Gasteiger partial charge is 0.465 e. The first-order valence-electron chi connectivity index (χ1n) is 9.69. The lowest BCUT2D eigenvalue weighted by atomic mass is 10.0. The molecule has 0 saturated carbocycles. The minimum atomic E-state index is -0.651. The number of ketones is 1. The van der Waals surface area contributed by atoms with Crippen LogP contribution in [0.1, 0.15) is 52.5 Å². The van der Waals surface area contributed by atoms with Gasteiger partial charge in [0.2, 0.25) is 0 Å². The number of anilines is 1. The average molecular weight is 411 g/mol. The van der Waals surface area contributed by atoms with Crippen LogP contribution in [0.15, 0.2) is 48.5 Å². The Kier molecular flexibility index (Phi) is 8.75. The summed E-state index contributed by atoms with van der Waals surface area (Å²) in [4.78, 5) is 47.8. The molecule has 0 fully saturated rings. The van der Waals surface area contributed by atoms with Crippen molar-refractivity contribution in [3.05, 3.63) is 65.2 Å². The maximum atomic E-state index is 12.2. The third kappa shape index (κ3) is 6.84. The first-order chi connectivity index (χ1) is 14.4. The van der Waals surface area contributed by atoms with Crippen molar-refractivity contribution in [1.29, 1.82) is 0 Å². The second kappa shape index (κ2) is 11.5. The van der Waals surface area contributed by atoms with Gasteiger partial charge in [-0.1, -0.05) is 49.7 Å². The molecule has 7 heteroatoms. The van der Waals surface area contributed by atoms with E-state index in [-0.39, 0.29) is 29.9 Å². The lowest BCUT2D eigenvalue weighted by molar-refractivity contribution is -0.147. The number of aryl methyl sites for hydroxylation is 1. The molecule has 1 amide bonds. The number of esters is 2. The van der Waals surface area contributed by atoms with Crippen molar-refractivity contribution in [2.24, 2.45) is 0 Å². The summed E-state index contributed by atoms with van der Waals surface area (Å²) in [6, 6.07) is 13.7. The second-order valence-corrected chi connectivity index (χ2v) is 6.62. The van der Waals surface area contributed by atoms with Crippen molar-refractivity contribution < 1.29 is 28.7 Å². The van der Waals surface area contributed by atoms with Gasteiger partial charge >= 0.3 is 11.9 Å². The van der Waals surface area contributed by atoms with Crippen molar-refractivity contribution in [2.75, 3.05) is 19.0 Å². The molecular formula is C23H25NO6. The predicted molar refractivity (Wildman–Crippen MR) is 111 cm³/mol. The Balaban J connectivity index is 1.78. The summed E-state index contributed by atoms with van der Waals surface area (Å²) in [6.07, 6.45) is 1.86. The molecule has 0 bridgehead atoms. The lowest BCUT2D eigenvalue weighted by Crippen LogP contribution is -2.22. The van der Waals surface area contributed by atoms with Gasteiger partial charge in [0.15, 0.2) is 12.4 Å². The van der Waals surface area contributed by atoms with E-state index < -0.39 is 24.5 Å². The Morgan fingerprint density at radius 3 is 2.30 bits per heavy atom. The molecule has 0 aliphatic rings. The quantitative estimate of drug-likeness (QED) is 0.474. The van der Waals surface area contributed by atoms with E-state index in [1.54, 1.807) is 24.3 Å². The highest BCUT2D eigenvalue weighted by atomic mass is 16.5. The zero-order valence-electron chi connectivity index (χ0n) is 17.1. The Bertz CT molecular complexity index is 904. The number of ether oxygens (including phenoxy) is 2. The van der Waals surface area contributed by atoms with Crippen LogP contribution in [0.25, 0.3) is 0 Å². The van der Waals surface area contributed by atoms with Gasteiger partial charge in [0.1, 0.15) is 0 Å². The van der Waals surface area contributed by atoms with Gasteiger partial charge < -0.3 is 14.8 Å². The van der Waals surface area contributed by atoms with E-state index in [0.717, 1.165) is 18.4 Å². The van der Waals surface area contributed by atoms with Crippen LogP contribution in [-0.2, 0) is 25.5 Å². The molecule has 2 aromatic carbocycles. The number of carbonyl (C=O) groups is 4. The molecule has 0 atom stereocenters. The van der Waals surface area contributed by atoms with E-state index in [2.05, 4.69) is 17.0 Å². The zero-order valence-corrected chi connectivity index (χ0v) is 17.1. The molecule has 0 saturated heterocycles. The highest BCUT2D eigenvalue weighted by Crippen LogP contribution is 2.16. The van der Waals surface area contributed by atoms with Gasteiger partial charge in [-0.2, -0.15) is 0 Å². The first-order valence-corrected chi connectivity index (χ1v) is 9.69. The zero-order chi connectivity index (χ0) is 21.9. The molecule has 0 spiro atoms. The summed E-state index contributed by atoms with van der Waals surface area (Å²) in [5.74, 6) is -2.00. The molecule has 0 aromatic heterocycles. The predicted octanol–water partition coefficient (Wildman–Crippen LogP) is 3.57. The molecule has 1 N–H and O–H groups in total. The fourth-order valence-corrected chi connectivity index (χ4v) is 2.79. The number of hydrogen-bond acceptors (Lipinski definition) is 6. The van der Waals surface area contributed by atoms with Crippen molar-refractivity contribution in [3.8, 4) is 0 Å². The fraction of sp³-hybridized carbons (Fsp3) is 0.304. The standard InChI is InChI=1S/C23H25NO6/c1-3-6-16-9-11-17(12-10-16)20(25)13-14-22(27)30-15-21(26)24-19-8-5-4-7-18(19)23(28)29-2/h4-5,7-12H,3,6,13-15H2,1-2H3,(H,24,26). The van der Waals surface area contributed by atoms with Crippen molar-refractivity contribution in [2.45, 2.75) is 32.6 Å². The number of carbonyl (C=O) groups excluding carboxylic acids is 4. The van der Waals surface area contributed by atoms with Crippen LogP contribution in [0.2, 0.25) is 0 Å². The van der Waals surface area contributed by atoms with Crippen molar-refractivity contribution in [1.82, 2.24) is 0 Å². The molecular weight excluding hydrogens is 386 g/mol. The Morgan fingerprint density at radius 1 is 0.933 bits per heavy atom. The van der Waals surface area contributed by atoms with Gasteiger partial charge in [-0.05, 0) is 24.1 Å². The van der Waals surface area contributed by atoms with Crippen molar-refractivity contribution in [3.63, 3.8) is 0 Å². The Morgan fingerprint density at radius 2 is 1.63 bits per heavy atom. The fourth-order valence-electron chi connectivity index (χ4n) is 2.79. The van der Waals surface area contributed by atoms with E-state index in [4.69, 9.17) is 4.74 Å². The van der Waals surface area contributed by atoms with E-state index in [1.165, 1.54) is 19.2 Å². The first kappa shape index (κ1) is 22.8. The van der Waals surface area contributed by atoms with Crippen LogP contribution in [0.3, 0.4) is 0 Å². The molecule has 0 aliphatic carbocycles. The summed E-state index contributed by atoms with van der Waals surface area (Å²) in [5, 5.41) is 2.50. The summed E-state index contributed by atoms with van der Waals surface area (Å²) in [5.41, 5.74) is 2.15. The highest BCUT2D eigenvalue weighted by molar-refractivity contribution is 6.02. The van der Waals surface area contributed by atoms with Gasteiger partial charge in [-0.3, -0.25) is 14.4 Å². The normalized spacial score (nSPS) is 10.2. The number of amides is 1. The minimum absolute atomic E-state index is 0.00124. The van der Waals surface area contributed by atoms with E-state index in [9.17, 15) is 19.2 Å². The SMILES string of the molecule is CCCc1ccc(C(=O)CCC(=O)OCC(=O)Nc2ccccc2C(=O)OC)cc1. The molecule has 0 aliphatic heterocycles. The smallest absolute Gasteiger partial charge is 0.339 e. The van der Waals surface area contributed by atoms with Crippen molar-refractivity contribution >= 4 is 29.3 Å². The molecule has 30 heavy (non-hydrogen) atoms. The number of para-hydroxylation sites is 1. The Labute approximate surface area is 175 Å². The van der Waals surface area contributed by atoms with Gasteiger partial charge in [-0.25, -0.2) is 4.79 Å². The maximum absolute atomic E-state index is 12.2. The molecule has 158 valence electrons. The summed E-state index contributed by atoms with van der Waals surface area (Å²) >= 11 is 0. The highest BCUT2D eigenvalue weighted by Gasteiger charge is 2.15. The summed E-state index contributed by atoms with van der Waals surface area (Å²) < 4.78 is 9.58. The second-order valence-electron chi connectivity index (χ2n) is 6.62. The number of rotatable bonds is 10. The molecule has 0 heterocycles. The van der Waals surface area contributed by atoms with Gasteiger partial charge in [0, 0.05) is 12.0 Å². The molecule has 2 aromatic rings. The van der Waals surface area contributed by atoms with Crippen LogP contribution < -0.4 is 5.32 Å². The van der Waals surface area contributed by atoms with Crippen LogP contribution in [0.4, 0.5) is 5.69 Å². The van der Waals surface area contributed by atoms with Crippen LogP contribution in [0, 0.1) is 0 Å². The summed E-state index contributed by atoms with van der Waals surface area (Å²) in [7, 11) is 1.24. The monoisotopic (exact) mass is 411 g/mol. The van der Waals surface area contributed by atoms with Crippen LogP contribution in [0.5, 0.6) is 0 Å². The van der Waals surface area contributed by atoms with E-state index in [0.29, 0.717) is 5.56 Å². The minimum Gasteiger partial charge on any atom is -0.465 e. The van der Waals surface area contributed by atoms with Crippen LogP contribution in [-0.4, -0.2) is 37.3 Å². The lowest BCUT2D eigenvalue weighted by Gasteiger charge is -2.10. The van der Waals surface area contributed by atoms with Gasteiger partial charge in [-0.15, -0.1) is 0 Å². The molecule has 0 radical (unpaired) electrons. The molecule has 7 nitrogen and oxygen atoms in total. The average Bonchev–Trinajstić information content (AvgIpc) is 2.76. The summed E-state index contributed by atoms with van der Waals surface area (Å²) in [6.45, 7) is 1.57. The molecule has 0 unspecified atom stereocenters. The number of nitrogens with one attached hydrogen (secondary N) is 1. The number of benzene rings is 2. The topological polar surface area (TPSA) is 98.8 Å². The third-order valence-corrected chi connectivity index (χ3v) is 4.34. The van der Waals surface area contributed by atoms with Crippen LogP contribution >= 0.6 is 0 Å². The van der Waals surface area contributed by atoms with E-state index >= 15 is 0 Å². The number of methoxy groups -OCH3 is 1. The molecule has 2 rings (SSSR count). The van der Waals surface area contributed by atoms with E-state index in [1.807, 2.05) is 12.1 Å². The maximum Gasteiger partial charge on any atom is 0.339 e. The number of hydrogen-bond donors (Lipinski definition) is 1. The number of Topliss-reactive ketones (excluding diaryl/α,β-unsaturated/α-hetero) is 1. The third-order valence-electron chi connectivity index (χ3n) is 4.34. The van der Waals surface area contributed by atoms with Gasteiger partial charge in [0.05, 0.1) is 24.8 Å².